The molecule has 7 heteroatoms. The van der Waals surface area contributed by atoms with Gasteiger partial charge in [-0.05, 0) is 61.7 Å². The van der Waals surface area contributed by atoms with Crippen molar-refractivity contribution in [1.82, 2.24) is 0 Å². The number of hydrogen-bond acceptors (Lipinski definition) is 2. The van der Waals surface area contributed by atoms with Crippen molar-refractivity contribution >= 4 is 23.2 Å². The van der Waals surface area contributed by atoms with E-state index in [-0.39, 0.29) is 5.69 Å². The van der Waals surface area contributed by atoms with E-state index in [9.17, 15) is 18.0 Å². The van der Waals surface area contributed by atoms with Crippen LogP contribution in [0, 0.1) is 13.8 Å². The fourth-order valence-electron chi connectivity index (χ4n) is 2.32. The second kappa shape index (κ2) is 7.99. The van der Waals surface area contributed by atoms with Crippen LogP contribution in [-0.4, -0.2) is 12.0 Å². The fourth-order valence-corrected chi connectivity index (χ4v) is 2.54. The zero-order valence-electron chi connectivity index (χ0n) is 14.6. The summed E-state index contributed by atoms with van der Waals surface area (Å²) in [6.45, 7) is 5.64. The van der Waals surface area contributed by atoms with Crippen LogP contribution in [0.4, 0.5) is 18.9 Å². The standard InChI is InChI=1S/C19H19ClF3NO2/c1-4-17(26-14-7-5-11(2)12(3)9-14)18(25)24-13-6-8-16(20)15(10-13)19(21,22)23/h5-10,17H,4H2,1-3H3,(H,24,25)/t17-/m1/s1. The first-order valence-corrected chi connectivity index (χ1v) is 8.41. The van der Waals surface area contributed by atoms with Crippen LogP contribution in [0.5, 0.6) is 5.75 Å². The number of carbonyl (C=O) groups excluding carboxylic acids is 1. The van der Waals surface area contributed by atoms with Crippen LogP contribution in [0.25, 0.3) is 0 Å². The van der Waals surface area contributed by atoms with Gasteiger partial charge in [0.25, 0.3) is 5.91 Å². The molecule has 0 aromatic heterocycles. The molecule has 0 bridgehead atoms. The van der Waals surface area contributed by atoms with Crippen LogP contribution in [0.15, 0.2) is 36.4 Å². The Balaban J connectivity index is 2.15. The number of nitrogens with one attached hydrogen (secondary N) is 1. The van der Waals surface area contributed by atoms with Gasteiger partial charge in [-0.25, -0.2) is 0 Å². The molecule has 1 atom stereocenters. The minimum absolute atomic E-state index is 0.00821. The second-order valence-electron chi connectivity index (χ2n) is 5.94. The minimum Gasteiger partial charge on any atom is -0.481 e. The lowest BCUT2D eigenvalue weighted by Crippen LogP contribution is -2.32. The molecule has 26 heavy (non-hydrogen) atoms. The van der Waals surface area contributed by atoms with Gasteiger partial charge in [0.15, 0.2) is 6.10 Å². The van der Waals surface area contributed by atoms with Crippen molar-refractivity contribution in [3.63, 3.8) is 0 Å². The number of halogens is 4. The summed E-state index contributed by atoms with van der Waals surface area (Å²) in [5.74, 6) is 0.00311. The fraction of sp³-hybridized carbons (Fsp3) is 0.316. The molecule has 2 rings (SSSR count). The molecule has 3 nitrogen and oxygen atoms in total. The topological polar surface area (TPSA) is 38.3 Å². The number of aryl methyl sites for hydroxylation is 2. The highest BCUT2D eigenvalue weighted by Crippen LogP contribution is 2.36. The Morgan fingerprint density at radius 3 is 2.42 bits per heavy atom. The molecule has 2 aromatic rings. The third-order valence-corrected chi connectivity index (χ3v) is 4.29. The third-order valence-electron chi connectivity index (χ3n) is 3.96. The van der Waals surface area contributed by atoms with Gasteiger partial charge >= 0.3 is 6.18 Å². The molecule has 0 heterocycles. The molecule has 0 spiro atoms. The number of hydrogen-bond donors (Lipinski definition) is 1. The van der Waals surface area contributed by atoms with Crippen LogP contribution in [-0.2, 0) is 11.0 Å². The van der Waals surface area contributed by atoms with E-state index < -0.39 is 28.8 Å². The van der Waals surface area contributed by atoms with Gasteiger partial charge in [0, 0.05) is 5.69 Å². The normalized spacial score (nSPS) is 12.6. The van der Waals surface area contributed by atoms with Gasteiger partial charge < -0.3 is 10.1 Å². The first-order valence-electron chi connectivity index (χ1n) is 8.03. The molecule has 0 fully saturated rings. The Morgan fingerprint density at radius 2 is 1.85 bits per heavy atom. The van der Waals surface area contributed by atoms with Gasteiger partial charge in [-0.15, -0.1) is 0 Å². The van der Waals surface area contributed by atoms with Crippen LogP contribution >= 0.6 is 11.6 Å². The average molecular weight is 386 g/mol. The molecule has 0 unspecified atom stereocenters. The third kappa shape index (κ3) is 4.91. The first kappa shape index (κ1) is 20.1. The predicted molar refractivity (Wildman–Crippen MR) is 95.7 cm³/mol. The number of amides is 1. The lowest BCUT2D eigenvalue weighted by atomic mass is 10.1. The van der Waals surface area contributed by atoms with Crippen molar-refractivity contribution in [2.24, 2.45) is 0 Å². The highest BCUT2D eigenvalue weighted by Gasteiger charge is 2.33. The van der Waals surface area contributed by atoms with Crippen molar-refractivity contribution < 1.29 is 22.7 Å². The van der Waals surface area contributed by atoms with Crippen molar-refractivity contribution in [3.8, 4) is 5.75 Å². The van der Waals surface area contributed by atoms with Crippen LogP contribution < -0.4 is 10.1 Å². The van der Waals surface area contributed by atoms with E-state index in [0.29, 0.717) is 12.2 Å². The Hall–Kier alpha value is -2.21. The molecule has 0 aliphatic rings. The largest absolute Gasteiger partial charge is 0.481 e. The summed E-state index contributed by atoms with van der Waals surface area (Å²) in [6.07, 6.45) is -5.07. The predicted octanol–water partition coefficient (Wildman–Crippen LogP) is 5.77. The van der Waals surface area contributed by atoms with E-state index in [0.717, 1.165) is 23.3 Å². The van der Waals surface area contributed by atoms with Crippen LogP contribution in [0.3, 0.4) is 0 Å². The van der Waals surface area contributed by atoms with Gasteiger partial charge in [0.1, 0.15) is 5.75 Å². The number of benzene rings is 2. The minimum atomic E-state index is -4.60. The van der Waals surface area contributed by atoms with Gasteiger partial charge in [0.2, 0.25) is 0 Å². The SMILES string of the molecule is CC[C@@H](Oc1ccc(C)c(C)c1)C(=O)Nc1ccc(Cl)c(C(F)(F)F)c1. The van der Waals surface area contributed by atoms with E-state index >= 15 is 0 Å². The first-order chi connectivity index (χ1) is 12.1. The van der Waals surface area contributed by atoms with E-state index in [2.05, 4.69) is 5.32 Å². The zero-order chi connectivity index (χ0) is 19.5. The Labute approximate surface area is 155 Å². The highest BCUT2D eigenvalue weighted by molar-refractivity contribution is 6.31. The summed E-state index contributed by atoms with van der Waals surface area (Å²) in [5, 5.41) is 2.03. The van der Waals surface area contributed by atoms with E-state index in [1.165, 1.54) is 6.07 Å². The van der Waals surface area contributed by atoms with Crippen molar-refractivity contribution in [2.45, 2.75) is 39.5 Å². The lowest BCUT2D eigenvalue weighted by Gasteiger charge is -2.18. The van der Waals surface area contributed by atoms with Crippen molar-refractivity contribution in [3.05, 3.63) is 58.1 Å². The number of rotatable bonds is 5. The molecule has 0 saturated heterocycles. The summed E-state index contributed by atoms with van der Waals surface area (Å²) in [7, 11) is 0. The molecular formula is C19H19ClF3NO2. The summed E-state index contributed by atoms with van der Waals surface area (Å²) < 4.78 is 44.5. The summed E-state index contributed by atoms with van der Waals surface area (Å²) in [6, 6.07) is 8.67. The molecule has 2 aromatic carbocycles. The molecule has 1 N–H and O–H groups in total. The van der Waals surface area contributed by atoms with Gasteiger partial charge in [-0.3, -0.25) is 4.79 Å². The van der Waals surface area contributed by atoms with E-state index in [1.807, 2.05) is 26.0 Å². The molecule has 140 valence electrons. The zero-order valence-corrected chi connectivity index (χ0v) is 15.3. The lowest BCUT2D eigenvalue weighted by molar-refractivity contribution is -0.137. The van der Waals surface area contributed by atoms with Crippen molar-refractivity contribution in [1.29, 1.82) is 0 Å². The smallest absolute Gasteiger partial charge is 0.417 e. The Kier molecular flexibility index (Phi) is 6.18. The summed E-state index contributed by atoms with van der Waals surface area (Å²) >= 11 is 5.58. The van der Waals surface area contributed by atoms with Crippen LogP contribution in [0.2, 0.25) is 5.02 Å². The average Bonchev–Trinajstić information content (AvgIpc) is 2.56. The second-order valence-corrected chi connectivity index (χ2v) is 6.35. The molecular weight excluding hydrogens is 367 g/mol. The molecule has 0 saturated carbocycles. The van der Waals surface area contributed by atoms with E-state index in [1.54, 1.807) is 13.0 Å². The van der Waals surface area contributed by atoms with Crippen LogP contribution in [0.1, 0.15) is 30.0 Å². The number of anilines is 1. The van der Waals surface area contributed by atoms with Gasteiger partial charge in [-0.2, -0.15) is 13.2 Å². The van der Waals surface area contributed by atoms with Crippen molar-refractivity contribution in [2.75, 3.05) is 5.32 Å². The Morgan fingerprint density at radius 1 is 1.15 bits per heavy atom. The number of ether oxygens (including phenoxy) is 1. The maximum Gasteiger partial charge on any atom is 0.417 e. The maximum atomic E-state index is 12.9. The van der Waals surface area contributed by atoms with E-state index in [4.69, 9.17) is 16.3 Å². The van der Waals surface area contributed by atoms with Gasteiger partial charge in [0.05, 0.1) is 10.6 Å². The van der Waals surface area contributed by atoms with Gasteiger partial charge in [-0.1, -0.05) is 24.6 Å². The summed E-state index contributed by atoms with van der Waals surface area (Å²) in [4.78, 5) is 12.4. The summed E-state index contributed by atoms with van der Waals surface area (Å²) in [5.41, 5.74) is 1.12. The maximum absolute atomic E-state index is 12.9. The molecule has 1 amide bonds. The number of alkyl halides is 3. The quantitative estimate of drug-likeness (QED) is 0.709. The molecule has 0 aliphatic carbocycles. The molecule has 0 radical (unpaired) electrons. The monoisotopic (exact) mass is 385 g/mol. The molecule has 0 aliphatic heterocycles. The number of carbonyl (C=O) groups is 1. The highest BCUT2D eigenvalue weighted by atomic mass is 35.5. The Bertz CT molecular complexity index is 806.